The molecule has 0 aliphatic rings. The highest BCUT2D eigenvalue weighted by Gasteiger charge is 2.00. The van der Waals surface area contributed by atoms with Gasteiger partial charge in [0.2, 0.25) is 5.91 Å². The predicted molar refractivity (Wildman–Crippen MR) is 83.0 cm³/mol. The van der Waals surface area contributed by atoms with Crippen LogP contribution in [0.2, 0.25) is 0 Å². The zero-order chi connectivity index (χ0) is 15.3. The van der Waals surface area contributed by atoms with Crippen LogP contribution in [-0.2, 0) is 11.2 Å². The molecule has 114 valence electrons. The number of nitrogens with zero attached hydrogens (tertiary/aromatic N) is 1. The van der Waals surface area contributed by atoms with Crippen molar-refractivity contribution in [2.24, 2.45) is 0 Å². The Bertz CT molecular complexity index is 449. The van der Waals surface area contributed by atoms with Crippen LogP contribution < -0.4 is 10.1 Å². The Balaban J connectivity index is 2.21. The molecule has 0 spiro atoms. The second-order valence-electron chi connectivity index (χ2n) is 4.99. The molecule has 0 fully saturated rings. The summed E-state index contributed by atoms with van der Waals surface area (Å²) >= 11 is 0. The first kappa shape index (κ1) is 17.0. The summed E-state index contributed by atoms with van der Waals surface area (Å²) in [7, 11) is 0. The van der Waals surface area contributed by atoms with Crippen molar-refractivity contribution in [3.8, 4) is 11.8 Å². The minimum Gasteiger partial charge on any atom is -0.494 e. The Morgan fingerprint density at radius 1 is 1.24 bits per heavy atom. The number of hydrogen-bond donors (Lipinski definition) is 1. The van der Waals surface area contributed by atoms with Crippen molar-refractivity contribution in [2.45, 2.75) is 45.4 Å². The molecule has 4 heteroatoms. The first-order valence-electron chi connectivity index (χ1n) is 7.61. The van der Waals surface area contributed by atoms with Crippen molar-refractivity contribution in [1.82, 2.24) is 5.32 Å². The second kappa shape index (κ2) is 10.7. The van der Waals surface area contributed by atoms with E-state index in [9.17, 15) is 4.79 Å². The monoisotopic (exact) mass is 288 g/mol. The second-order valence-corrected chi connectivity index (χ2v) is 4.99. The van der Waals surface area contributed by atoms with Crippen molar-refractivity contribution in [3.05, 3.63) is 29.8 Å². The van der Waals surface area contributed by atoms with Crippen LogP contribution in [-0.4, -0.2) is 19.1 Å². The zero-order valence-electron chi connectivity index (χ0n) is 12.7. The molecule has 1 aromatic carbocycles. The van der Waals surface area contributed by atoms with Crippen LogP contribution in [0.15, 0.2) is 24.3 Å². The van der Waals surface area contributed by atoms with Crippen molar-refractivity contribution in [2.75, 3.05) is 13.2 Å². The molecular weight excluding hydrogens is 264 g/mol. The van der Waals surface area contributed by atoms with Gasteiger partial charge in [-0.3, -0.25) is 4.79 Å². The molecule has 0 aliphatic heterocycles. The molecule has 0 unspecified atom stereocenters. The van der Waals surface area contributed by atoms with Crippen LogP contribution in [0.5, 0.6) is 5.75 Å². The standard InChI is InChI=1S/C17H24N2O2/c1-2-3-4-5-14-21-16-8-6-15(7-9-16)11-13-19-17(20)10-12-18/h6-9H,2-5,10-11,13-14H2,1H3,(H,19,20). The van der Waals surface area contributed by atoms with Gasteiger partial charge in [0, 0.05) is 6.54 Å². The third-order valence-electron chi connectivity index (χ3n) is 3.17. The Hall–Kier alpha value is -2.02. The summed E-state index contributed by atoms with van der Waals surface area (Å²) in [6.07, 6.45) is 5.50. The Morgan fingerprint density at radius 2 is 2.00 bits per heavy atom. The van der Waals surface area contributed by atoms with E-state index in [1.807, 2.05) is 30.3 Å². The van der Waals surface area contributed by atoms with Gasteiger partial charge in [-0.05, 0) is 30.5 Å². The van der Waals surface area contributed by atoms with Gasteiger partial charge in [0.05, 0.1) is 12.7 Å². The van der Waals surface area contributed by atoms with Gasteiger partial charge in [-0.1, -0.05) is 38.3 Å². The number of nitriles is 1. The lowest BCUT2D eigenvalue weighted by molar-refractivity contribution is -0.120. The highest BCUT2D eigenvalue weighted by Crippen LogP contribution is 2.13. The Kier molecular flexibility index (Phi) is 8.70. The molecular formula is C17H24N2O2. The van der Waals surface area contributed by atoms with E-state index in [0.29, 0.717) is 6.54 Å². The lowest BCUT2D eigenvalue weighted by Gasteiger charge is -2.07. The van der Waals surface area contributed by atoms with E-state index in [-0.39, 0.29) is 12.3 Å². The van der Waals surface area contributed by atoms with Gasteiger partial charge in [0.25, 0.3) is 0 Å². The maximum absolute atomic E-state index is 11.1. The van der Waals surface area contributed by atoms with Crippen molar-refractivity contribution in [1.29, 1.82) is 5.26 Å². The number of unbranched alkanes of at least 4 members (excludes halogenated alkanes) is 3. The summed E-state index contributed by atoms with van der Waals surface area (Å²) < 4.78 is 5.68. The maximum Gasteiger partial charge on any atom is 0.234 e. The van der Waals surface area contributed by atoms with Crippen LogP contribution in [0.1, 0.15) is 44.6 Å². The van der Waals surface area contributed by atoms with Gasteiger partial charge in [-0.2, -0.15) is 5.26 Å². The third kappa shape index (κ3) is 7.98. The number of hydrogen-bond acceptors (Lipinski definition) is 3. The molecule has 0 aliphatic carbocycles. The molecule has 1 N–H and O–H groups in total. The highest BCUT2D eigenvalue weighted by atomic mass is 16.5. The summed E-state index contributed by atoms with van der Waals surface area (Å²) in [5.41, 5.74) is 1.14. The first-order valence-corrected chi connectivity index (χ1v) is 7.61. The van der Waals surface area contributed by atoms with E-state index in [0.717, 1.165) is 30.8 Å². The molecule has 0 bridgehead atoms. The SMILES string of the molecule is CCCCCCOc1ccc(CCNC(=O)CC#N)cc1. The summed E-state index contributed by atoms with van der Waals surface area (Å²) in [5, 5.41) is 11.1. The summed E-state index contributed by atoms with van der Waals surface area (Å²) in [6, 6.07) is 9.78. The molecule has 0 heterocycles. The molecule has 1 rings (SSSR count). The Morgan fingerprint density at radius 3 is 2.67 bits per heavy atom. The summed E-state index contributed by atoms with van der Waals surface area (Å²) in [6.45, 7) is 3.52. The summed E-state index contributed by atoms with van der Waals surface area (Å²) in [5.74, 6) is 0.674. The van der Waals surface area contributed by atoms with Gasteiger partial charge in [-0.15, -0.1) is 0 Å². The highest BCUT2D eigenvalue weighted by molar-refractivity contribution is 5.77. The molecule has 0 aromatic heterocycles. The fourth-order valence-electron chi connectivity index (χ4n) is 1.95. The van der Waals surface area contributed by atoms with Crippen LogP contribution in [0, 0.1) is 11.3 Å². The molecule has 0 saturated heterocycles. The van der Waals surface area contributed by atoms with Gasteiger partial charge < -0.3 is 10.1 Å². The molecule has 0 atom stereocenters. The number of rotatable bonds is 10. The summed E-state index contributed by atoms with van der Waals surface area (Å²) in [4.78, 5) is 11.1. The number of ether oxygens (including phenoxy) is 1. The average Bonchev–Trinajstić information content (AvgIpc) is 2.49. The van der Waals surface area contributed by atoms with Gasteiger partial charge in [-0.25, -0.2) is 0 Å². The number of amides is 1. The largest absolute Gasteiger partial charge is 0.494 e. The van der Waals surface area contributed by atoms with Crippen LogP contribution in [0.25, 0.3) is 0 Å². The molecule has 0 radical (unpaired) electrons. The number of benzene rings is 1. The number of carbonyl (C=O) groups is 1. The molecule has 21 heavy (non-hydrogen) atoms. The van der Waals surface area contributed by atoms with E-state index >= 15 is 0 Å². The number of carbonyl (C=O) groups excluding carboxylic acids is 1. The van der Waals surface area contributed by atoms with Crippen LogP contribution in [0.3, 0.4) is 0 Å². The topological polar surface area (TPSA) is 62.1 Å². The normalized spacial score (nSPS) is 9.90. The van der Waals surface area contributed by atoms with Crippen LogP contribution in [0.4, 0.5) is 0 Å². The van der Waals surface area contributed by atoms with Crippen molar-refractivity contribution >= 4 is 5.91 Å². The maximum atomic E-state index is 11.1. The Labute approximate surface area is 127 Å². The average molecular weight is 288 g/mol. The van der Waals surface area contributed by atoms with Crippen molar-refractivity contribution in [3.63, 3.8) is 0 Å². The minimum atomic E-state index is -0.218. The third-order valence-corrected chi connectivity index (χ3v) is 3.17. The van der Waals surface area contributed by atoms with E-state index in [1.165, 1.54) is 19.3 Å². The smallest absolute Gasteiger partial charge is 0.234 e. The van der Waals surface area contributed by atoms with Crippen LogP contribution >= 0.6 is 0 Å². The zero-order valence-corrected chi connectivity index (χ0v) is 12.7. The number of nitrogens with one attached hydrogen (secondary N) is 1. The first-order chi connectivity index (χ1) is 10.3. The lowest BCUT2D eigenvalue weighted by Crippen LogP contribution is -2.24. The van der Waals surface area contributed by atoms with E-state index in [4.69, 9.17) is 10.00 Å². The molecule has 1 aromatic rings. The molecule has 4 nitrogen and oxygen atoms in total. The predicted octanol–water partition coefficient (Wildman–Crippen LogP) is 3.22. The van der Waals surface area contributed by atoms with Gasteiger partial charge in [0.1, 0.15) is 12.2 Å². The van der Waals surface area contributed by atoms with Gasteiger partial charge in [0.15, 0.2) is 0 Å². The van der Waals surface area contributed by atoms with E-state index in [2.05, 4.69) is 12.2 Å². The van der Waals surface area contributed by atoms with Gasteiger partial charge >= 0.3 is 0 Å². The van der Waals surface area contributed by atoms with E-state index in [1.54, 1.807) is 0 Å². The van der Waals surface area contributed by atoms with Crippen molar-refractivity contribution < 1.29 is 9.53 Å². The fraction of sp³-hybridized carbons (Fsp3) is 0.529. The molecule has 0 saturated carbocycles. The fourth-order valence-corrected chi connectivity index (χ4v) is 1.95. The lowest BCUT2D eigenvalue weighted by atomic mass is 10.1. The quantitative estimate of drug-likeness (QED) is 0.672. The minimum absolute atomic E-state index is 0.0786. The van der Waals surface area contributed by atoms with E-state index < -0.39 is 0 Å². The molecule has 1 amide bonds.